The van der Waals surface area contributed by atoms with Crippen LogP contribution in [0.4, 0.5) is 4.39 Å². The first-order valence-corrected chi connectivity index (χ1v) is 7.32. The largest absolute Gasteiger partial charge is 0.271 e. The first kappa shape index (κ1) is 14.0. The lowest BCUT2D eigenvalue weighted by Crippen LogP contribution is -2.35. The fraction of sp³-hybridized carbons (Fsp3) is 0.571. The van der Waals surface area contributed by atoms with Gasteiger partial charge in [-0.05, 0) is 46.7 Å². The second-order valence-corrected chi connectivity index (χ2v) is 6.16. The molecule has 0 saturated heterocycles. The van der Waals surface area contributed by atoms with E-state index in [2.05, 4.69) is 28.3 Å². The van der Waals surface area contributed by atoms with Crippen molar-refractivity contribution in [2.75, 3.05) is 0 Å². The molecule has 0 heterocycles. The molecule has 1 aromatic rings. The van der Waals surface area contributed by atoms with Crippen LogP contribution in [0.25, 0.3) is 0 Å². The van der Waals surface area contributed by atoms with E-state index in [0.717, 1.165) is 18.8 Å². The van der Waals surface area contributed by atoms with Gasteiger partial charge in [-0.1, -0.05) is 31.9 Å². The van der Waals surface area contributed by atoms with Crippen molar-refractivity contribution in [1.82, 2.24) is 5.43 Å². The van der Waals surface area contributed by atoms with Gasteiger partial charge in [-0.15, -0.1) is 0 Å². The molecule has 100 valence electrons. The van der Waals surface area contributed by atoms with Crippen molar-refractivity contribution in [3.63, 3.8) is 0 Å². The Morgan fingerprint density at radius 1 is 1.33 bits per heavy atom. The molecule has 1 saturated carbocycles. The van der Waals surface area contributed by atoms with E-state index in [1.807, 2.05) is 12.1 Å². The number of rotatable bonds is 3. The Kier molecular flexibility index (Phi) is 4.76. The lowest BCUT2D eigenvalue weighted by atomic mass is 9.77. The van der Waals surface area contributed by atoms with Crippen molar-refractivity contribution < 1.29 is 4.39 Å². The summed E-state index contributed by atoms with van der Waals surface area (Å²) in [6.07, 6.45) is 4.64. The highest BCUT2D eigenvalue weighted by atomic mass is 79.9. The lowest BCUT2D eigenvalue weighted by molar-refractivity contribution is 0.229. The maximum absolute atomic E-state index is 14.1. The second-order valence-electron chi connectivity index (χ2n) is 5.31. The topological polar surface area (TPSA) is 38.0 Å². The minimum absolute atomic E-state index is 0.0880. The van der Waals surface area contributed by atoms with Crippen LogP contribution in [0.2, 0.25) is 0 Å². The Labute approximate surface area is 116 Å². The van der Waals surface area contributed by atoms with Gasteiger partial charge in [0, 0.05) is 5.56 Å². The highest BCUT2D eigenvalue weighted by Crippen LogP contribution is 2.37. The number of benzene rings is 1. The van der Waals surface area contributed by atoms with Crippen LogP contribution in [0, 0.1) is 17.7 Å². The second kappa shape index (κ2) is 6.13. The van der Waals surface area contributed by atoms with E-state index < -0.39 is 0 Å². The SMILES string of the molecule is CC1CCC(C(NN)c2cccc(Br)c2F)CC1. The van der Waals surface area contributed by atoms with Gasteiger partial charge in [0.25, 0.3) is 0 Å². The summed E-state index contributed by atoms with van der Waals surface area (Å²) in [7, 11) is 0. The molecule has 1 fully saturated rings. The molecule has 0 amide bonds. The lowest BCUT2D eigenvalue weighted by Gasteiger charge is -2.32. The summed E-state index contributed by atoms with van der Waals surface area (Å²) in [5, 5.41) is 0. The fourth-order valence-corrected chi connectivity index (χ4v) is 3.24. The summed E-state index contributed by atoms with van der Waals surface area (Å²) in [5.74, 6) is 6.67. The molecule has 2 rings (SSSR count). The van der Waals surface area contributed by atoms with E-state index in [1.54, 1.807) is 6.07 Å². The van der Waals surface area contributed by atoms with Gasteiger partial charge in [-0.3, -0.25) is 11.3 Å². The molecule has 1 aliphatic carbocycles. The van der Waals surface area contributed by atoms with Crippen LogP contribution in [0.1, 0.15) is 44.2 Å². The summed E-state index contributed by atoms with van der Waals surface area (Å²) >= 11 is 3.23. The van der Waals surface area contributed by atoms with Crippen molar-refractivity contribution in [2.24, 2.45) is 17.7 Å². The minimum Gasteiger partial charge on any atom is -0.271 e. The summed E-state index contributed by atoms with van der Waals surface area (Å²) in [4.78, 5) is 0. The van der Waals surface area contributed by atoms with Crippen LogP contribution in [0.3, 0.4) is 0 Å². The van der Waals surface area contributed by atoms with E-state index in [-0.39, 0.29) is 11.9 Å². The summed E-state index contributed by atoms with van der Waals surface area (Å²) < 4.78 is 14.6. The zero-order valence-electron chi connectivity index (χ0n) is 10.6. The van der Waals surface area contributed by atoms with Gasteiger partial charge >= 0.3 is 0 Å². The quantitative estimate of drug-likeness (QED) is 0.655. The standard InChI is InChI=1S/C14H20BrFN2/c1-9-5-7-10(8-6-9)14(18-17)11-3-2-4-12(15)13(11)16/h2-4,9-10,14,18H,5-8,17H2,1H3. The Balaban J connectivity index is 2.20. The molecule has 1 aromatic carbocycles. The highest BCUT2D eigenvalue weighted by molar-refractivity contribution is 9.10. The van der Waals surface area contributed by atoms with Gasteiger partial charge in [0.1, 0.15) is 5.82 Å². The molecular weight excluding hydrogens is 295 g/mol. The van der Waals surface area contributed by atoms with Gasteiger partial charge < -0.3 is 0 Å². The summed E-state index contributed by atoms with van der Waals surface area (Å²) in [6.45, 7) is 2.28. The Morgan fingerprint density at radius 3 is 2.61 bits per heavy atom. The molecule has 1 aliphatic rings. The first-order valence-electron chi connectivity index (χ1n) is 6.53. The molecule has 0 aromatic heterocycles. The highest BCUT2D eigenvalue weighted by Gasteiger charge is 2.28. The van der Waals surface area contributed by atoms with E-state index in [0.29, 0.717) is 16.0 Å². The third-order valence-electron chi connectivity index (χ3n) is 4.03. The number of nitrogens with one attached hydrogen (secondary N) is 1. The summed E-state index contributed by atoms with van der Waals surface area (Å²) in [6, 6.07) is 5.31. The normalized spacial score (nSPS) is 26.0. The van der Waals surface area contributed by atoms with Gasteiger partial charge in [0.15, 0.2) is 0 Å². The van der Waals surface area contributed by atoms with Crippen molar-refractivity contribution in [1.29, 1.82) is 0 Å². The number of hydrazine groups is 1. The van der Waals surface area contributed by atoms with Crippen LogP contribution in [0.15, 0.2) is 22.7 Å². The number of nitrogens with two attached hydrogens (primary N) is 1. The van der Waals surface area contributed by atoms with E-state index in [1.165, 1.54) is 12.8 Å². The van der Waals surface area contributed by atoms with Crippen molar-refractivity contribution in [3.8, 4) is 0 Å². The van der Waals surface area contributed by atoms with Crippen LogP contribution in [-0.4, -0.2) is 0 Å². The molecular formula is C14H20BrFN2. The van der Waals surface area contributed by atoms with Crippen LogP contribution in [0.5, 0.6) is 0 Å². The third-order valence-corrected chi connectivity index (χ3v) is 4.64. The zero-order chi connectivity index (χ0) is 13.1. The Morgan fingerprint density at radius 2 is 2.00 bits per heavy atom. The molecule has 1 atom stereocenters. The minimum atomic E-state index is -0.195. The fourth-order valence-electron chi connectivity index (χ4n) is 2.86. The number of hydrogen-bond acceptors (Lipinski definition) is 2. The van der Waals surface area contributed by atoms with Crippen molar-refractivity contribution >= 4 is 15.9 Å². The van der Waals surface area contributed by atoms with Crippen LogP contribution < -0.4 is 11.3 Å². The predicted molar refractivity (Wildman–Crippen MR) is 75.3 cm³/mol. The maximum Gasteiger partial charge on any atom is 0.142 e. The van der Waals surface area contributed by atoms with Gasteiger partial charge in [0.05, 0.1) is 10.5 Å². The molecule has 0 spiro atoms. The smallest absolute Gasteiger partial charge is 0.142 e. The average Bonchev–Trinajstić information content (AvgIpc) is 2.37. The summed E-state index contributed by atoms with van der Waals surface area (Å²) in [5.41, 5.74) is 3.48. The van der Waals surface area contributed by atoms with Gasteiger partial charge in [-0.25, -0.2) is 4.39 Å². The van der Waals surface area contributed by atoms with Crippen LogP contribution >= 0.6 is 15.9 Å². The average molecular weight is 315 g/mol. The Bertz CT molecular complexity index is 403. The van der Waals surface area contributed by atoms with Crippen molar-refractivity contribution in [3.05, 3.63) is 34.1 Å². The zero-order valence-corrected chi connectivity index (χ0v) is 12.2. The molecule has 3 N–H and O–H groups in total. The van der Waals surface area contributed by atoms with Crippen molar-refractivity contribution in [2.45, 2.75) is 38.6 Å². The third kappa shape index (κ3) is 2.92. The Hall–Kier alpha value is -0.450. The molecule has 2 nitrogen and oxygen atoms in total. The van der Waals surface area contributed by atoms with E-state index >= 15 is 0 Å². The predicted octanol–water partition coefficient (Wildman–Crippen LogP) is 3.92. The van der Waals surface area contributed by atoms with Gasteiger partial charge in [-0.2, -0.15) is 0 Å². The molecule has 0 bridgehead atoms. The van der Waals surface area contributed by atoms with Crippen LogP contribution in [-0.2, 0) is 0 Å². The van der Waals surface area contributed by atoms with E-state index in [9.17, 15) is 4.39 Å². The van der Waals surface area contributed by atoms with E-state index in [4.69, 9.17) is 5.84 Å². The van der Waals surface area contributed by atoms with Gasteiger partial charge in [0.2, 0.25) is 0 Å². The molecule has 0 aliphatic heterocycles. The molecule has 0 radical (unpaired) electrons. The number of hydrogen-bond donors (Lipinski definition) is 2. The molecule has 18 heavy (non-hydrogen) atoms. The molecule has 4 heteroatoms. The maximum atomic E-state index is 14.1. The first-order chi connectivity index (χ1) is 8.63. The number of halogens is 2. The monoisotopic (exact) mass is 314 g/mol. The molecule has 1 unspecified atom stereocenters.